The van der Waals surface area contributed by atoms with Crippen LogP contribution in [0.15, 0.2) is 30.3 Å². The van der Waals surface area contributed by atoms with Crippen LogP contribution in [0.1, 0.15) is 116 Å². The zero-order chi connectivity index (χ0) is 49.1. The predicted octanol–water partition coefficient (Wildman–Crippen LogP) is 2.92. The molecule has 3 saturated heterocycles. The minimum absolute atomic E-state index is 0.00659. The second kappa shape index (κ2) is 20.2. The summed E-state index contributed by atoms with van der Waals surface area (Å²) in [4.78, 5) is 26.1. The van der Waals surface area contributed by atoms with Gasteiger partial charge in [-0.15, -0.1) is 0 Å². The molecule has 1 aromatic carbocycles. The monoisotopic (exact) mass is 965 g/mol. The van der Waals surface area contributed by atoms with Gasteiger partial charge in [-0.25, -0.2) is 4.79 Å². The molecule has 4 saturated carbocycles. The summed E-state index contributed by atoms with van der Waals surface area (Å²) in [5.74, 6) is -0.996. The number of carbonyl (C=O) groups excluding carboxylic acids is 2. The Morgan fingerprint density at radius 1 is 0.765 bits per heavy atom. The molecule has 7 fully saturated rings. The normalized spacial score (nSPS) is 48.6. The number of ether oxygens (including phenoxy) is 10. The van der Waals surface area contributed by atoms with Gasteiger partial charge in [0.25, 0.3) is 0 Å². The Morgan fingerprint density at radius 3 is 2.01 bits per heavy atom. The van der Waals surface area contributed by atoms with Crippen molar-refractivity contribution in [3.63, 3.8) is 0 Å². The Morgan fingerprint density at radius 2 is 1.40 bits per heavy atom. The van der Waals surface area contributed by atoms with Crippen LogP contribution in [-0.2, 0) is 52.2 Å². The van der Waals surface area contributed by atoms with Gasteiger partial charge in [0.15, 0.2) is 18.9 Å². The zero-order valence-corrected chi connectivity index (χ0v) is 40.7. The topological polar surface area (TPSA) is 248 Å². The van der Waals surface area contributed by atoms with E-state index < -0.39 is 127 Å². The van der Waals surface area contributed by atoms with Crippen LogP contribution < -0.4 is 0 Å². The van der Waals surface area contributed by atoms with Crippen molar-refractivity contribution in [1.82, 2.24) is 0 Å². The van der Waals surface area contributed by atoms with Gasteiger partial charge >= 0.3 is 11.9 Å². The van der Waals surface area contributed by atoms with E-state index in [0.29, 0.717) is 18.4 Å². The summed E-state index contributed by atoms with van der Waals surface area (Å²) in [6.07, 6.45) is -8.20. The summed E-state index contributed by atoms with van der Waals surface area (Å²) in [6, 6.07) is 8.61. The standard InChI is InChI=1S/C50H76O18/c1-25-43(67-39-23-35(60-8)44(26(2)62-39)68-46-42(55)41(54)40(53)36(24-51)66-46)34(59-7)22-38(61-25)65-31-16-17-47(5)30(20-31)14-15-32-33(47)21-37(64-28(4)52)48(6)49(57,18-19-50(32,48)58)27(3)63-45(56)29-12-10-9-11-13-29/h9-13,25-27,30-44,46,51,53-55,57-58H,14-24H2,1-8H3/t25-,26-,27+,30+,31+,32-,33+,34+,35-,36-,37-,38+,39+,40-,41+,42-,43-,44-,46+,47+,48-,49-,50+/m1/s1. The quantitative estimate of drug-likeness (QED) is 0.123. The highest BCUT2D eigenvalue weighted by molar-refractivity contribution is 5.89. The number of fused-ring (bicyclic) bond motifs is 5. The van der Waals surface area contributed by atoms with Crippen molar-refractivity contribution in [2.45, 2.75) is 215 Å². The van der Waals surface area contributed by atoms with Crippen LogP contribution >= 0.6 is 0 Å². The van der Waals surface area contributed by atoms with Crippen LogP contribution in [0.5, 0.6) is 0 Å². The zero-order valence-electron chi connectivity index (χ0n) is 40.7. The number of hydrogen-bond donors (Lipinski definition) is 6. The van der Waals surface area contributed by atoms with Crippen molar-refractivity contribution in [3.05, 3.63) is 35.9 Å². The molecule has 3 heterocycles. The van der Waals surface area contributed by atoms with E-state index in [1.165, 1.54) is 14.0 Å². The van der Waals surface area contributed by atoms with E-state index >= 15 is 0 Å². The van der Waals surface area contributed by atoms with Gasteiger partial charge in [0, 0.05) is 34.0 Å². The van der Waals surface area contributed by atoms with Crippen LogP contribution in [0.4, 0.5) is 0 Å². The van der Waals surface area contributed by atoms with Gasteiger partial charge in [-0.3, -0.25) is 4.79 Å². The molecule has 0 spiro atoms. The number of methoxy groups -OCH3 is 2. The molecule has 8 rings (SSSR count). The summed E-state index contributed by atoms with van der Waals surface area (Å²) >= 11 is 0. The number of rotatable bonds is 13. The van der Waals surface area contributed by atoms with Crippen LogP contribution in [0.3, 0.4) is 0 Å². The number of carbonyl (C=O) groups is 2. The molecule has 23 atom stereocenters. The summed E-state index contributed by atoms with van der Waals surface area (Å²) in [5, 5.41) is 66.6. The molecule has 6 N–H and O–H groups in total. The number of aliphatic hydroxyl groups is 6. The molecule has 384 valence electrons. The molecular formula is C50H76O18. The Balaban J connectivity index is 0.889. The predicted molar refractivity (Wildman–Crippen MR) is 238 cm³/mol. The number of hydrogen-bond acceptors (Lipinski definition) is 18. The molecule has 0 aromatic heterocycles. The Labute approximate surface area is 399 Å². The minimum Gasteiger partial charge on any atom is -0.462 e. The molecule has 0 radical (unpaired) electrons. The van der Waals surface area contributed by atoms with Crippen molar-refractivity contribution < 1.29 is 87.6 Å². The van der Waals surface area contributed by atoms with Crippen LogP contribution in [-0.4, -0.2) is 173 Å². The van der Waals surface area contributed by atoms with Crippen molar-refractivity contribution in [1.29, 1.82) is 0 Å². The van der Waals surface area contributed by atoms with E-state index in [2.05, 4.69) is 6.92 Å². The average molecular weight is 965 g/mol. The molecule has 7 aliphatic rings. The summed E-state index contributed by atoms with van der Waals surface area (Å²) in [5.41, 5.74) is -4.24. The SMILES string of the molecule is CO[C@H]1C[C@H](O[C@H]2CC[C@@]3(C)[C@@H](CC[C@@H]4[C@@H]3C[C@@H](OC(C)=O)[C@]3(C)[C@](O)([C@H](C)OC(=O)c5ccccc5)CC[C@]43O)C2)O[C@H](C)[C@H]1O[C@H]1C[C@@H](OC)[C@H](O[C@@H]2O[C@H](CO)[C@@H](O)[C@H](O)[C@H]2O)[C@@H](C)O1. The molecule has 18 nitrogen and oxygen atoms in total. The first kappa shape index (κ1) is 51.9. The lowest BCUT2D eigenvalue weighted by atomic mass is 9.42. The molecule has 1 aromatic rings. The third-order valence-electron chi connectivity index (χ3n) is 18.0. The molecule has 0 amide bonds. The molecule has 3 aliphatic heterocycles. The van der Waals surface area contributed by atoms with Gasteiger partial charge in [0.1, 0.15) is 54.4 Å². The van der Waals surface area contributed by atoms with Gasteiger partial charge in [0.05, 0.1) is 53.7 Å². The lowest BCUT2D eigenvalue weighted by Gasteiger charge is -2.66. The van der Waals surface area contributed by atoms with Crippen molar-refractivity contribution in [2.75, 3.05) is 20.8 Å². The second-order valence-electron chi connectivity index (χ2n) is 21.3. The van der Waals surface area contributed by atoms with Gasteiger partial charge in [-0.05, 0) is 107 Å². The van der Waals surface area contributed by atoms with Gasteiger partial charge in [0.2, 0.25) is 0 Å². The van der Waals surface area contributed by atoms with E-state index in [4.69, 9.17) is 47.4 Å². The smallest absolute Gasteiger partial charge is 0.338 e. The van der Waals surface area contributed by atoms with Crippen molar-refractivity contribution >= 4 is 11.9 Å². The van der Waals surface area contributed by atoms with E-state index in [9.17, 15) is 40.2 Å². The molecular weight excluding hydrogens is 889 g/mol. The highest BCUT2D eigenvalue weighted by atomic mass is 16.8. The second-order valence-corrected chi connectivity index (χ2v) is 21.3. The van der Waals surface area contributed by atoms with Gasteiger partial charge < -0.3 is 78.0 Å². The number of esters is 2. The average Bonchev–Trinajstić information content (AvgIpc) is 3.54. The number of aliphatic hydroxyl groups excluding tert-OH is 4. The molecule has 68 heavy (non-hydrogen) atoms. The van der Waals surface area contributed by atoms with Crippen molar-refractivity contribution in [2.24, 2.45) is 28.6 Å². The van der Waals surface area contributed by atoms with Gasteiger partial charge in [-0.2, -0.15) is 0 Å². The maximum Gasteiger partial charge on any atom is 0.338 e. The molecule has 0 bridgehead atoms. The molecule has 4 aliphatic carbocycles. The largest absolute Gasteiger partial charge is 0.462 e. The van der Waals surface area contributed by atoms with E-state index in [1.807, 2.05) is 13.8 Å². The van der Waals surface area contributed by atoms with E-state index in [0.717, 1.165) is 32.1 Å². The Hall–Kier alpha value is -2.40. The van der Waals surface area contributed by atoms with Crippen LogP contribution in [0.2, 0.25) is 0 Å². The Bertz CT molecular complexity index is 1890. The first-order valence-corrected chi connectivity index (χ1v) is 24.7. The first-order chi connectivity index (χ1) is 32.2. The summed E-state index contributed by atoms with van der Waals surface area (Å²) < 4.78 is 61.6. The van der Waals surface area contributed by atoms with Crippen LogP contribution in [0, 0.1) is 28.6 Å². The highest BCUT2D eigenvalue weighted by Crippen LogP contribution is 2.71. The fourth-order valence-corrected chi connectivity index (χ4v) is 14.0. The summed E-state index contributed by atoms with van der Waals surface area (Å²) in [7, 11) is 3.15. The molecule has 18 heteroatoms. The molecule has 0 unspecified atom stereocenters. The fourth-order valence-electron chi connectivity index (χ4n) is 14.0. The number of benzene rings is 1. The van der Waals surface area contributed by atoms with Gasteiger partial charge in [-0.1, -0.05) is 32.0 Å². The lowest BCUT2D eigenvalue weighted by molar-refractivity contribution is -0.353. The lowest BCUT2D eigenvalue weighted by Crippen LogP contribution is -2.72. The third kappa shape index (κ3) is 9.09. The van der Waals surface area contributed by atoms with E-state index in [-0.39, 0.29) is 48.5 Å². The maximum atomic E-state index is 13.2. The summed E-state index contributed by atoms with van der Waals surface area (Å²) in [6.45, 7) is 10.3. The van der Waals surface area contributed by atoms with E-state index in [1.54, 1.807) is 51.3 Å². The Kier molecular flexibility index (Phi) is 15.5. The first-order valence-electron chi connectivity index (χ1n) is 24.7. The fraction of sp³-hybridized carbons (Fsp3) is 0.840. The minimum atomic E-state index is -1.67. The maximum absolute atomic E-state index is 13.2. The third-order valence-corrected chi connectivity index (χ3v) is 18.0. The highest BCUT2D eigenvalue weighted by Gasteiger charge is 2.77. The van der Waals surface area contributed by atoms with Crippen LogP contribution in [0.25, 0.3) is 0 Å². The van der Waals surface area contributed by atoms with Crippen molar-refractivity contribution in [3.8, 4) is 0 Å².